The molecule has 0 radical (unpaired) electrons. The first-order chi connectivity index (χ1) is 12.0. The van der Waals surface area contributed by atoms with E-state index in [0.717, 1.165) is 37.8 Å². The topological polar surface area (TPSA) is 38.5 Å². The summed E-state index contributed by atoms with van der Waals surface area (Å²) in [4.78, 5) is 4.35. The maximum Gasteiger partial charge on any atom is 0.203 e. The fourth-order valence-corrected chi connectivity index (χ4v) is 3.08. The zero-order chi connectivity index (χ0) is 18.0. The molecule has 1 aliphatic heterocycles. The Balaban J connectivity index is 2.01. The summed E-state index contributed by atoms with van der Waals surface area (Å²) in [6.45, 7) is 5.90. The third kappa shape index (κ3) is 3.98. The van der Waals surface area contributed by atoms with Crippen molar-refractivity contribution in [3.05, 3.63) is 40.7 Å². The minimum absolute atomic E-state index is 0.0673. The van der Waals surface area contributed by atoms with Crippen LogP contribution in [0.1, 0.15) is 18.8 Å². The van der Waals surface area contributed by atoms with E-state index in [0.29, 0.717) is 11.4 Å². The van der Waals surface area contributed by atoms with E-state index in [1.54, 1.807) is 12.1 Å². The summed E-state index contributed by atoms with van der Waals surface area (Å²) in [7, 11) is 4.01. The van der Waals surface area contributed by atoms with Gasteiger partial charge in [-0.25, -0.2) is 9.07 Å². The van der Waals surface area contributed by atoms with Crippen LogP contribution in [-0.2, 0) is 11.4 Å². The summed E-state index contributed by atoms with van der Waals surface area (Å²) < 4.78 is 23.1. The summed E-state index contributed by atoms with van der Waals surface area (Å²) in [5.41, 5.74) is 0.823. The standard InChI is InChI=1S/C17H24FN5OS/c1-13(20(2)3)16-19-22(12-21-8-10-24-11-9-21)17(25)23(16)15-6-4-14(18)5-7-15/h4-7,13H,8-12H2,1-3H3/t13-/m0/s1. The predicted octanol–water partition coefficient (Wildman–Crippen LogP) is 2.45. The molecule has 6 nitrogen and oxygen atoms in total. The highest BCUT2D eigenvalue weighted by Gasteiger charge is 2.21. The van der Waals surface area contributed by atoms with Crippen LogP contribution in [0.3, 0.4) is 0 Å². The van der Waals surface area contributed by atoms with Gasteiger partial charge in [0.2, 0.25) is 4.77 Å². The van der Waals surface area contributed by atoms with Crippen LogP contribution in [0.4, 0.5) is 4.39 Å². The molecular weight excluding hydrogens is 341 g/mol. The summed E-state index contributed by atoms with van der Waals surface area (Å²) in [6.07, 6.45) is 0. The van der Waals surface area contributed by atoms with Crippen LogP contribution in [0.2, 0.25) is 0 Å². The minimum atomic E-state index is -0.266. The molecule has 1 aromatic carbocycles. The average molecular weight is 365 g/mol. The summed E-state index contributed by atoms with van der Waals surface area (Å²) in [5, 5.41) is 4.78. The number of morpholine rings is 1. The van der Waals surface area contributed by atoms with Gasteiger partial charge in [-0.15, -0.1) is 0 Å². The van der Waals surface area contributed by atoms with Crippen molar-refractivity contribution in [2.24, 2.45) is 0 Å². The second kappa shape index (κ2) is 7.74. The summed E-state index contributed by atoms with van der Waals surface area (Å²) >= 11 is 5.70. The lowest BCUT2D eigenvalue weighted by molar-refractivity contribution is 0.0208. The van der Waals surface area contributed by atoms with Crippen molar-refractivity contribution in [3.8, 4) is 5.69 Å². The second-order valence-corrected chi connectivity index (χ2v) is 6.83. The zero-order valence-corrected chi connectivity index (χ0v) is 15.7. The van der Waals surface area contributed by atoms with E-state index in [-0.39, 0.29) is 11.9 Å². The molecule has 1 aromatic heterocycles. The van der Waals surface area contributed by atoms with E-state index < -0.39 is 0 Å². The first kappa shape index (κ1) is 18.2. The number of hydrogen-bond acceptors (Lipinski definition) is 5. The van der Waals surface area contributed by atoms with Crippen LogP contribution in [0.5, 0.6) is 0 Å². The third-order valence-electron chi connectivity index (χ3n) is 4.54. The van der Waals surface area contributed by atoms with Crippen LogP contribution >= 0.6 is 12.2 Å². The Bertz CT molecular complexity index is 764. The van der Waals surface area contributed by atoms with E-state index in [9.17, 15) is 4.39 Å². The van der Waals surface area contributed by atoms with Crippen LogP contribution in [0.15, 0.2) is 24.3 Å². The van der Waals surface area contributed by atoms with E-state index in [1.165, 1.54) is 12.1 Å². The molecule has 0 amide bonds. The molecule has 1 saturated heterocycles. The zero-order valence-electron chi connectivity index (χ0n) is 14.9. The number of nitrogens with zero attached hydrogens (tertiary/aromatic N) is 5. The Morgan fingerprint density at radius 1 is 1.24 bits per heavy atom. The monoisotopic (exact) mass is 365 g/mol. The molecule has 8 heteroatoms. The highest BCUT2D eigenvalue weighted by atomic mass is 32.1. The highest BCUT2D eigenvalue weighted by molar-refractivity contribution is 7.71. The lowest BCUT2D eigenvalue weighted by atomic mass is 10.2. The molecule has 0 aliphatic carbocycles. The molecule has 25 heavy (non-hydrogen) atoms. The smallest absolute Gasteiger partial charge is 0.203 e. The molecule has 0 saturated carbocycles. The van der Waals surface area contributed by atoms with Crippen LogP contribution < -0.4 is 0 Å². The molecule has 3 rings (SSSR count). The van der Waals surface area contributed by atoms with E-state index in [1.807, 2.05) is 23.3 Å². The first-order valence-electron chi connectivity index (χ1n) is 8.39. The summed E-state index contributed by atoms with van der Waals surface area (Å²) in [6, 6.07) is 6.43. The second-order valence-electron chi connectivity index (χ2n) is 6.46. The molecular formula is C17H24FN5OS. The minimum Gasteiger partial charge on any atom is -0.379 e. The van der Waals surface area contributed by atoms with E-state index >= 15 is 0 Å². The Morgan fingerprint density at radius 3 is 2.48 bits per heavy atom. The fourth-order valence-electron chi connectivity index (χ4n) is 2.78. The van der Waals surface area contributed by atoms with Crippen LogP contribution in [-0.4, -0.2) is 64.5 Å². The molecule has 0 N–H and O–H groups in total. The van der Waals surface area contributed by atoms with Gasteiger partial charge in [0.15, 0.2) is 5.82 Å². The van der Waals surface area contributed by atoms with Crippen molar-refractivity contribution in [1.82, 2.24) is 24.1 Å². The van der Waals surface area contributed by atoms with Gasteiger partial charge in [-0.05, 0) is 57.5 Å². The van der Waals surface area contributed by atoms with Crippen molar-refractivity contribution < 1.29 is 9.13 Å². The molecule has 2 aromatic rings. The van der Waals surface area contributed by atoms with Crippen molar-refractivity contribution in [1.29, 1.82) is 0 Å². The fraction of sp³-hybridized carbons (Fsp3) is 0.529. The molecule has 2 heterocycles. The average Bonchev–Trinajstić information content (AvgIpc) is 2.92. The quantitative estimate of drug-likeness (QED) is 0.761. The number of hydrogen-bond donors (Lipinski definition) is 0. The predicted molar refractivity (Wildman–Crippen MR) is 96.8 cm³/mol. The third-order valence-corrected chi connectivity index (χ3v) is 4.93. The SMILES string of the molecule is C[C@@H](c1nn(CN2CCOCC2)c(=S)n1-c1ccc(F)cc1)N(C)C. The molecule has 0 unspecified atom stereocenters. The van der Waals surface area contributed by atoms with Crippen molar-refractivity contribution >= 4 is 12.2 Å². The Kier molecular flexibility index (Phi) is 5.63. The number of halogens is 1. The van der Waals surface area contributed by atoms with Gasteiger partial charge < -0.3 is 4.74 Å². The maximum atomic E-state index is 13.3. The van der Waals surface area contributed by atoms with Gasteiger partial charge in [0, 0.05) is 18.8 Å². The molecule has 1 fully saturated rings. The van der Waals surface area contributed by atoms with Gasteiger partial charge in [-0.1, -0.05) is 0 Å². The highest BCUT2D eigenvalue weighted by Crippen LogP contribution is 2.21. The first-order valence-corrected chi connectivity index (χ1v) is 8.80. The van der Waals surface area contributed by atoms with Gasteiger partial charge in [-0.2, -0.15) is 5.10 Å². The Hall–Kier alpha value is -1.61. The van der Waals surface area contributed by atoms with Gasteiger partial charge in [-0.3, -0.25) is 14.4 Å². The lowest BCUT2D eigenvalue weighted by Gasteiger charge is -2.26. The van der Waals surface area contributed by atoms with Crippen LogP contribution in [0.25, 0.3) is 5.69 Å². The molecule has 0 bridgehead atoms. The molecule has 1 aliphatic rings. The van der Waals surface area contributed by atoms with Gasteiger partial charge in [0.25, 0.3) is 0 Å². The Morgan fingerprint density at radius 2 is 1.88 bits per heavy atom. The van der Waals surface area contributed by atoms with Gasteiger partial charge in [0.05, 0.1) is 25.9 Å². The molecule has 136 valence electrons. The normalized spacial score (nSPS) is 17.2. The van der Waals surface area contributed by atoms with Gasteiger partial charge in [0.1, 0.15) is 5.82 Å². The molecule has 0 spiro atoms. The van der Waals surface area contributed by atoms with E-state index in [4.69, 9.17) is 22.1 Å². The maximum absolute atomic E-state index is 13.3. The van der Waals surface area contributed by atoms with Crippen molar-refractivity contribution in [2.45, 2.75) is 19.6 Å². The summed E-state index contributed by atoms with van der Waals surface area (Å²) in [5.74, 6) is 0.577. The van der Waals surface area contributed by atoms with Crippen molar-refractivity contribution in [3.63, 3.8) is 0 Å². The number of ether oxygens (including phenoxy) is 1. The Labute approximate surface area is 152 Å². The molecule has 1 atom stereocenters. The van der Waals surface area contributed by atoms with Crippen molar-refractivity contribution in [2.75, 3.05) is 40.4 Å². The number of rotatable bonds is 5. The lowest BCUT2D eigenvalue weighted by Crippen LogP contribution is -2.37. The van der Waals surface area contributed by atoms with Crippen LogP contribution in [0, 0.1) is 10.6 Å². The largest absolute Gasteiger partial charge is 0.379 e. The number of benzene rings is 1. The van der Waals surface area contributed by atoms with Gasteiger partial charge >= 0.3 is 0 Å². The van der Waals surface area contributed by atoms with E-state index in [2.05, 4.69) is 16.7 Å². The number of aromatic nitrogens is 3.